The highest BCUT2D eigenvalue weighted by atomic mass is 16.4. The smallest absolute Gasteiger partial charge is 0.413 e. The van der Waals surface area contributed by atoms with Gasteiger partial charge in [-0.2, -0.15) is 0 Å². The summed E-state index contributed by atoms with van der Waals surface area (Å²) in [5.74, 6) is 0.533. The number of aliphatic imine (C=N–C) groups is 1. The van der Waals surface area contributed by atoms with Crippen LogP contribution in [0, 0.1) is 0 Å². The first-order chi connectivity index (χ1) is 10.2. The van der Waals surface area contributed by atoms with Gasteiger partial charge in [-0.3, -0.25) is 9.89 Å². The Hall–Kier alpha value is -2.62. The fourth-order valence-corrected chi connectivity index (χ4v) is 2.82. The molecule has 0 radical (unpaired) electrons. The molecule has 0 aliphatic carbocycles. The molecule has 0 saturated carbocycles. The molecule has 0 bridgehead atoms. The highest BCUT2D eigenvalue weighted by Crippen LogP contribution is 2.41. The van der Waals surface area contributed by atoms with Gasteiger partial charge in [-0.05, 0) is 18.1 Å². The van der Waals surface area contributed by atoms with Gasteiger partial charge in [-0.15, -0.1) is 0 Å². The summed E-state index contributed by atoms with van der Waals surface area (Å²) < 4.78 is 0. The highest BCUT2D eigenvalue weighted by Gasteiger charge is 2.39. The van der Waals surface area contributed by atoms with Crippen molar-refractivity contribution in [2.45, 2.75) is 19.0 Å². The third kappa shape index (κ3) is 2.40. The van der Waals surface area contributed by atoms with Crippen molar-refractivity contribution in [1.29, 1.82) is 0 Å². The quantitative estimate of drug-likeness (QED) is 0.907. The van der Waals surface area contributed by atoms with Crippen molar-refractivity contribution in [3.63, 3.8) is 0 Å². The summed E-state index contributed by atoms with van der Waals surface area (Å²) in [4.78, 5) is 17.6. The second-order valence-electron chi connectivity index (χ2n) is 5.04. The third-order valence-electron chi connectivity index (χ3n) is 3.74. The molecule has 0 saturated heterocycles. The average Bonchev–Trinajstić information content (AvgIpc) is 2.86. The first-order valence-electron chi connectivity index (χ1n) is 6.85. The molecule has 21 heavy (non-hydrogen) atoms. The zero-order valence-corrected chi connectivity index (χ0v) is 11.7. The predicted octanol–water partition coefficient (Wildman–Crippen LogP) is 3.88. The second-order valence-corrected chi connectivity index (χ2v) is 5.04. The Kier molecular flexibility index (Phi) is 3.44. The maximum atomic E-state index is 11.6. The molecule has 1 N–H and O–H groups in total. The van der Waals surface area contributed by atoms with Crippen molar-refractivity contribution in [2.75, 3.05) is 0 Å². The number of amides is 1. The summed E-state index contributed by atoms with van der Waals surface area (Å²) in [5.41, 5.74) is 1.98. The summed E-state index contributed by atoms with van der Waals surface area (Å²) in [5, 5.41) is 9.53. The van der Waals surface area contributed by atoms with Crippen LogP contribution in [0.2, 0.25) is 0 Å². The van der Waals surface area contributed by atoms with Crippen molar-refractivity contribution < 1.29 is 9.90 Å². The Morgan fingerprint density at radius 2 is 1.52 bits per heavy atom. The van der Waals surface area contributed by atoms with E-state index < -0.39 is 6.09 Å². The summed E-state index contributed by atoms with van der Waals surface area (Å²) in [6, 6.07) is 19.0. The van der Waals surface area contributed by atoms with Crippen molar-refractivity contribution in [3.8, 4) is 0 Å². The van der Waals surface area contributed by atoms with Gasteiger partial charge in [-0.1, -0.05) is 60.7 Å². The first kappa shape index (κ1) is 13.4. The Labute approximate surface area is 123 Å². The molecule has 0 aromatic heterocycles. The van der Waals surface area contributed by atoms with Crippen LogP contribution >= 0.6 is 0 Å². The van der Waals surface area contributed by atoms with Crippen molar-refractivity contribution >= 4 is 11.9 Å². The summed E-state index contributed by atoms with van der Waals surface area (Å²) >= 11 is 0. The standard InChI is InChI=1S/C17H16N2O2/c1-12-18-15(13-8-4-2-5-9-13)16(19(12)17(20)21)14-10-6-3-7-11-14/h2-11,15-16H,1H3,(H,20,21)/t15-,16+/m0/s1. The molecule has 1 amide bonds. The van der Waals surface area contributed by atoms with Crippen LogP contribution in [0.5, 0.6) is 0 Å². The molecule has 0 unspecified atom stereocenters. The molecule has 0 fully saturated rings. The number of carboxylic acid groups (broad SMARTS) is 1. The maximum Gasteiger partial charge on any atom is 0.413 e. The van der Waals surface area contributed by atoms with Crippen molar-refractivity contribution in [1.82, 2.24) is 4.90 Å². The SMILES string of the molecule is CC1=N[C@@H](c2ccccc2)[C@@H](c2ccccc2)N1C(=O)O. The molecule has 106 valence electrons. The molecule has 3 rings (SSSR count). The highest BCUT2D eigenvalue weighted by molar-refractivity contribution is 5.95. The van der Waals surface area contributed by atoms with Crippen LogP contribution in [-0.2, 0) is 0 Å². The number of hydrogen-bond donors (Lipinski definition) is 1. The minimum atomic E-state index is -0.969. The van der Waals surface area contributed by atoms with Gasteiger partial charge in [-0.25, -0.2) is 4.79 Å². The van der Waals surface area contributed by atoms with E-state index in [2.05, 4.69) is 4.99 Å². The summed E-state index contributed by atoms with van der Waals surface area (Å²) in [6.45, 7) is 1.74. The third-order valence-corrected chi connectivity index (χ3v) is 3.74. The van der Waals surface area contributed by atoms with Crippen LogP contribution in [-0.4, -0.2) is 21.9 Å². The van der Waals surface area contributed by atoms with Gasteiger partial charge >= 0.3 is 6.09 Å². The molecule has 4 nitrogen and oxygen atoms in total. The number of nitrogens with zero attached hydrogens (tertiary/aromatic N) is 2. The summed E-state index contributed by atoms with van der Waals surface area (Å²) in [6.07, 6.45) is -0.969. The van der Waals surface area contributed by atoms with Gasteiger partial charge < -0.3 is 5.11 Å². The molecule has 1 aliphatic heterocycles. The van der Waals surface area contributed by atoms with E-state index in [1.165, 1.54) is 4.90 Å². The van der Waals surface area contributed by atoms with Gasteiger partial charge in [0.2, 0.25) is 0 Å². The van der Waals surface area contributed by atoms with E-state index in [-0.39, 0.29) is 12.1 Å². The monoisotopic (exact) mass is 280 g/mol. The van der Waals surface area contributed by atoms with Crippen LogP contribution in [0.3, 0.4) is 0 Å². The number of rotatable bonds is 2. The van der Waals surface area contributed by atoms with E-state index in [9.17, 15) is 9.90 Å². The fraction of sp³-hybridized carbons (Fsp3) is 0.176. The number of amidine groups is 1. The Morgan fingerprint density at radius 1 is 1.00 bits per heavy atom. The normalized spacial score (nSPS) is 21.2. The lowest BCUT2D eigenvalue weighted by molar-refractivity contribution is 0.156. The zero-order chi connectivity index (χ0) is 14.8. The first-order valence-corrected chi connectivity index (χ1v) is 6.85. The van der Waals surface area contributed by atoms with Crippen molar-refractivity contribution in [3.05, 3.63) is 71.8 Å². The van der Waals surface area contributed by atoms with Crippen LogP contribution < -0.4 is 0 Å². The topological polar surface area (TPSA) is 52.9 Å². The van der Waals surface area contributed by atoms with Gasteiger partial charge in [0.1, 0.15) is 11.9 Å². The molecular formula is C17H16N2O2. The van der Waals surface area contributed by atoms with E-state index in [4.69, 9.17) is 0 Å². The minimum absolute atomic E-state index is 0.204. The van der Waals surface area contributed by atoms with E-state index in [1.807, 2.05) is 60.7 Å². The van der Waals surface area contributed by atoms with Crippen molar-refractivity contribution in [2.24, 2.45) is 4.99 Å². The Bertz CT molecular complexity index is 668. The van der Waals surface area contributed by atoms with Gasteiger partial charge in [0.25, 0.3) is 0 Å². The lowest BCUT2D eigenvalue weighted by atomic mass is 9.94. The largest absolute Gasteiger partial charge is 0.465 e. The fourth-order valence-electron chi connectivity index (χ4n) is 2.82. The van der Waals surface area contributed by atoms with Gasteiger partial charge in [0, 0.05) is 0 Å². The van der Waals surface area contributed by atoms with Crippen LogP contribution in [0.15, 0.2) is 65.7 Å². The average molecular weight is 280 g/mol. The van der Waals surface area contributed by atoms with E-state index in [1.54, 1.807) is 6.92 Å². The lowest BCUT2D eigenvalue weighted by Crippen LogP contribution is -2.34. The second kappa shape index (κ2) is 5.40. The molecule has 2 atom stereocenters. The molecule has 2 aromatic carbocycles. The van der Waals surface area contributed by atoms with E-state index in [0.717, 1.165) is 11.1 Å². The summed E-state index contributed by atoms with van der Waals surface area (Å²) in [7, 11) is 0. The Balaban J connectivity index is 2.08. The number of carbonyl (C=O) groups is 1. The van der Waals surface area contributed by atoms with Crippen LogP contribution in [0.4, 0.5) is 4.79 Å². The van der Waals surface area contributed by atoms with Crippen LogP contribution in [0.25, 0.3) is 0 Å². The van der Waals surface area contributed by atoms with E-state index >= 15 is 0 Å². The molecular weight excluding hydrogens is 264 g/mol. The Morgan fingerprint density at radius 3 is 2.05 bits per heavy atom. The number of hydrogen-bond acceptors (Lipinski definition) is 2. The molecule has 2 aromatic rings. The maximum absolute atomic E-state index is 11.6. The van der Waals surface area contributed by atoms with Crippen LogP contribution in [0.1, 0.15) is 30.1 Å². The van der Waals surface area contributed by atoms with Gasteiger partial charge in [0.05, 0.1) is 6.04 Å². The van der Waals surface area contributed by atoms with E-state index in [0.29, 0.717) is 5.84 Å². The molecule has 0 spiro atoms. The number of benzene rings is 2. The zero-order valence-electron chi connectivity index (χ0n) is 11.7. The molecule has 1 heterocycles. The van der Waals surface area contributed by atoms with Gasteiger partial charge in [0.15, 0.2) is 0 Å². The lowest BCUT2D eigenvalue weighted by Gasteiger charge is -2.26. The molecule has 4 heteroatoms. The minimum Gasteiger partial charge on any atom is -0.465 e. The molecule has 1 aliphatic rings. The predicted molar refractivity (Wildman–Crippen MR) is 81.3 cm³/mol.